The minimum atomic E-state index is -0.519. The standard InChI is InChI=1S/C12H18N4O4/c1-15(9-11(17)13-7-4-8-20-2)12-10(16(18)19)5-3-6-14-12/h3,5-6H,4,7-9H2,1-2H3,(H,13,17). The lowest BCUT2D eigenvalue weighted by Crippen LogP contribution is -2.36. The molecule has 1 rings (SSSR count). The highest BCUT2D eigenvalue weighted by Crippen LogP contribution is 2.23. The second-order valence-electron chi connectivity index (χ2n) is 4.16. The van der Waals surface area contributed by atoms with E-state index in [4.69, 9.17) is 4.74 Å². The fourth-order valence-corrected chi connectivity index (χ4v) is 1.62. The molecular formula is C12H18N4O4. The van der Waals surface area contributed by atoms with Gasteiger partial charge in [0.1, 0.15) is 0 Å². The predicted octanol–water partition coefficient (Wildman–Crippen LogP) is 0.579. The summed E-state index contributed by atoms with van der Waals surface area (Å²) in [6.45, 7) is 1.08. The molecule has 0 spiro atoms. The number of carbonyl (C=O) groups is 1. The lowest BCUT2D eigenvalue weighted by molar-refractivity contribution is -0.384. The van der Waals surface area contributed by atoms with Gasteiger partial charge in [0.25, 0.3) is 0 Å². The third kappa shape index (κ3) is 4.81. The fraction of sp³-hybridized carbons (Fsp3) is 0.500. The molecule has 0 aliphatic rings. The van der Waals surface area contributed by atoms with Gasteiger partial charge in [0.05, 0.1) is 11.5 Å². The van der Waals surface area contributed by atoms with E-state index in [1.807, 2.05) is 0 Å². The Morgan fingerprint density at radius 2 is 2.35 bits per heavy atom. The Morgan fingerprint density at radius 1 is 1.60 bits per heavy atom. The predicted molar refractivity (Wildman–Crippen MR) is 73.7 cm³/mol. The maximum atomic E-state index is 11.7. The number of methoxy groups -OCH3 is 1. The van der Waals surface area contributed by atoms with E-state index >= 15 is 0 Å². The van der Waals surface area contributed by atoms with Gasteiger partial charge in [-0.3, -0.25) is 14.9 Å². The first-order chi connectivity index (χ1) is 9.56. The lowest BCUT2D eigenvalue weighted by atomic mass is 10.3. The number of hydrogen-bond donors (Lipinski definition) is 1. The van der Waals surface area contributed by atoms with Crippen LogP contribution in [0.5, 0.6) is 0 Å². The maximum Gasteiger partial charge on any atom is 0.311 e. The molecule has 0 aliphatic heterocycles. The molecule has 1 aromatic heterocycles. The smallest absolute Gasteiger partial charge is 0.311 e. The van der Waals surface area contributed by atoms with Gasteiger partial charge < -0.3 is 15.0 Å². The highest BCUT2D eigenvalue weighted by Gasteiger charge is 2.19. The minimum Gasteiger partial charge on any atom is -0.385 e. The van der Waals surface area contributed by atoms with E-state index < -0.39 is 4.92 Å². The molecule has 0 aliphatic carbocycles. The third-order valence-corrected chi connectivity index (χ3v) is 2.55. The molecule has 20 heavy (non-hydrogen) atoms. The number of nitrogens with one attached hydrogen (secondary N) is 1. The summed E-state index contributed by atoms with van der Waals surface area (Å²) < 4.78 is 4.87. The van der Waals surface area contributed by atoms with Gasteiger partial charge in [0.15, 0.2) is 0 Å². The zero-order valence-electron chi connectivity index (χ0n) is 11.5. The van der Waals surface area contributed by atoms with Crippen LogP contribution in [0.15, 0.2) is 18.3 Å². The van der Waals surface area contributed by atoms with Crippen molar-refractivity contribution in [3.05, 3.63) is 28.4 Å². The van der Waals surface area contributed by atoms with Crippen LogP contribution in [-0.4, -0.2) is 49.7 Å². The van der Waals surface area contributed by atoms with Crippen molar-refractivity contribution in [2.24, 2.45) is 0 Å². The third-order valence-electron chi connectivity index (χ3n) is 2.55. The van der Waals surface area contributed by atoms with Crippen molar-refractivity contribution in [3.8, 4) is 0 Å². The van der Waals surface area contributed by atoms with Crippen LogP contribution in [0.25, 0.3) is 0 Å². The van der Waals surface area contributed by atoms with Crippen molar-refractivity contribution in [2.45, 2.75) is 6.42 Å². The Morgan fingerprint density at radius 3 is 3.00 bits per heavy atom. The number of rotatable bonds is 8. The van der Waals surface area contributed by atoms with Crippen molar-refractivity contribution in [3.63, 3.8) is 0 Å². The first-order valence-electron chi connectivity index (χ1n) is 6.12. The van der Waals surface area contributed by atoms with Crippen LogP contribution in [0.1, 0.15) is 6.42 Å². The Kier molecular flexibility index (Phi) is 6.38. The number of amides is 1. The first kappa shape index (κ1) is 15.8. The van der Waals surface area contributed by atoms with E-state index in [1.165, 1.54) is 23.2 Å². The molecular weight excluding hydrogens is 264 g/mol. The van der Waals surface area contributed by atoms with E-state index in [2.05, 4.69) is 10.3 Å². The Bertz CT molecular complexity index is 467. The number of ether oxygens (including phenoxy) is 1. The average Bonchev–Trinajstić information content (AvgIpc) is 2.43. The van der Waals surface area contributed by atoms with Crippen LogP contribution < -0.4 is 10.2 Å². The molecule has 0 fully saturated rings. The molecule has 110 valence electrons. The number of nitro groups is 1. The molecule has 1 amide bonds. The Labute approximate surface area is 116 Å². The average molecular weight is 282 g/mol. The second kappa shape index (κ2) is 8.05. The largest absolute Gasteiger partial charge is 0.385 e. The number of likely N-dealkylation sites (N-methyl/N-ethyl adjacent to an activating group) is 1. The monoisotopic (exact) mass is 282 g/mol. The molecule has 0 aromatic carbocycles. The maximum absolute atomic E-state index is 11.7. The topological polar surface area (TPSA) is 97.6 Å². The van der Waals surface area contributed by atoms with Crippen LogP contribution in [-0.2, 0) is 9.53 Å². The van der Waals surface area contributed by atoms with Crippen LogP contribution in [0.4, 0.5) is 11.5 Å². The number of aromatic nitrogens is 1. The minimum absolute atomic E-state index is 0.00480. The normalized spacial score (nSPS) is 10.1. The number of nitrogens with zero attached hydrogens (tertiary/aromatic N) is 3. The lowest BCUT2D eigenvalue weighted by Gasteiger charge is -2.17. The summed E-state index contributed by atoms with van der Waals surface area (Å²) in [4.78, 5) is 27.4. The Balaban J connectivity index is 2.56. The Hall–Kier alpha value is -2.22. The van der Waals surface area contributed by atoms with Gasteiger partial charge >= 0.3 is 5.69 Å². The molecule has 1 heterocycles. The highest BCUT2D eigenvalue weighted by atomic mass is 16.6. The summed E-state index contributed by atoms with van der Waals surface area (Å²) in [7, 11) is 3.18. The van der Waals surface area contributed by atoms with E-state index in [0.29, 0.717) is 13.2 Å². The molecule has 0 saturated heterocycles. The summed E-state index contributed by atoms with van der Waals surface area (Å²) in [5.41, 5.74) is -0.123. The molecule has 0 atom stereocenters. The fourth-order valence-electron chi connectivity index (χ4n) is 1.62. The van der Waals surface area contributed by atoms with Gasteiger partial charge in [-0.15, -0.1) is 0 Å². The van der Waals surface area contributed by atoms with E-state index in [1.54, 1.807) is 14.2 Å². The van der Waals surface area contributed by atoms with Gasteiger partial charge in [-0.1, -0.05) is 0 Å². The second-order valence-corrected chi connectivity index (χ2v) is 4.16. The summed E-state index contributed by atoms with van der Waals surface area (Å²) in [5, 5.41) is 13.6. The van der Waals surface area contributed by atoms with Gasteiger partial charge in [-0.25, -0.2) is 4.98 Å². The number of carbonyl (C=O) groups excluding carboxylic acids is 1. The zero-order chi connectivity index (χ0) is 15.0. The molecule has 8 heteroatoms. The van der Waals surface area contributed by atoms with E-state index in [0.717, 1.165) is 6.42 Å². The van der Waals surface area contributed by atoms with Gasteiger partial charge in [-0.05, 0) is 12.5 Å². The summed E-state index contributed by atoms with van der Waals surface area (Å²) >= 11 is 0. The molecule has 8 nitrogen and oxygen atoms in total. The van der Waals surface area contributed by atoms with Crippen LogP contribution in [0.2, 0.25) is 0 Å². The van der Waals surface area contributed by atoms with Gasteiger partial charge in [0.2, 0.25) is 11.7 Å². The van der Waals surface area contributed by atoms with Crippen LogP contribution >= 0.6 is 0 Å². The zero-order valence-corrected chi connectivity index (χ0v) is 11.5. The molecule has 0 saturated carbocycles. The summed E-state index contributed by atoms with van der Waals surface area (Å²) in [5.74, 6) is -0.0481. The highest BCUT2D eigenvalue weighted by molar-refractivity contribution is 5.81. The SMILES string of the molecule is COCCCNC(=O)CN(C)c1ncccc1[N+](=O)[O-]. The number of hydrogen-bond acceptors (Lipinski definition) is 6. The van der Waals surface area contributed by atoms with Gasteiger partial charge in [-0.2, -0.15) is 0 Å². The number of pyridine rings is 1. The van der Waals surface area contributed by atoms with Crippen LogP contribution in [0, 0.1) is 10.1 Å². The first-order valence-corrected chi connectivity index (χ1v) is 6.12. The van der Waals surface area contributed by atoms with Crippen molar-refractivity contribution < 1.29 is 14.5 Å². The van der Waals surface area contributed by atoms with Gasteiger partial charge in [0, 0.05) is 39.6 Å². The molecule has 0 radical (unpaired) electrons. The summed E-state index contributed by atoms with van der Waals surface area (Å²) in [6.07, 6.45) is 2.17. The molecule has 0 unspecified atom stereocenters. The summed E-state index contributed by atoms with van der Waals surface area (Å²) in [6, 6.07) is 2.84. The van der Waals surface area contributed by atoms with Crippen molar-refractivity contribution in [1.29, 1.82) is 0 Å². The van der Waals surface area contributed by atoms with E-state index in [-0.39, 0.29) is 24.0 Å². The van der Waals surface area contributed by atoms with E-state index in [9.17, 15) is 14.9 Å². The number of anilines is 1. The van der Waals surface area contributed by atoms with Crippen molar-refractivity contribution in [1.82, 2.24) is 10.3 Å². The van der Waals surface area contributed by atoms with Crippen LogP contribution in [0.3, 0.4) is 0 Å². The molecule has 1 aromatic rings. The molecule has 0 bridgehead atoms. The van der Waals surface area contributed by atoms with Crippen molar-refractivity contribution >= 4 is 17.4 Å². The van der Waals surface area contributed by atoms with Crippen molar-refractivity contribution in [2.75, 3.05) is 38.8 Å². The molecule has 1 N–H and O–H groups in total. The quantitative estimate of drug-likeness (QED) is 0.425.